The van der Waals surface area contributed by atoms with E-state index in [0.717, 1.165) is 0 Å². The zero-order valence-electron chi connectivity index (χ0n) is 11.2. The van der Waals surface area contributed by atoms with Gasteiger partial charge in [0.15, 0.2) is 0 Å². The molecule has 0 saturated carbocycles. The van der Waals surface area contributed by atoms with Crippen molar-refractivity contribution < 1.29 is 14.3 Å². The number of aromatic nitrogens is 6. The number of carbonyl (C=O) groups excluding carboxylic acids is 2. The number of carbonyl (C=O) groups is 2. The average molecular weight is 281 g/mol. The SMILES string of the molecule is CC(C)NC(=O)c1ncn[nH]1.COC(=O)c1ncn[nH]1. The number of nitrogens with zero attached hydrogens (tertiary/aromatic N) is 4. The number of methoxy groups -OCH3 is 1. The van der Waals surface area contributed by atoms with Crippen LogP contribution in [-0.4, -0.2) is 55.4 Å². The van der Waals surface area contributed by atoms with Crippen molar-refractivity contribution in [2.45, 2.75) is 19.9 Å². The zero-order valence-corrected chi connectivity index (χ0v) is 11.2. The minimum atomic E-state index is -0.507. The summed E-state index contributed by atoms with van der Waals surface area (Å²) >= 11 is 0. The van der Waals surface area contributed by atoms with Gasteiger partial charge >= 0.3 is 5.97 Å². The Kier molecular flexibility index (Phi) is 5.81. The highest BCUT2D eigenvalue weighted by Crippen LogP contribution is 1.87. The number of aromatic amines is 2. The molecule has 0 aliphatic carbocycles. The van der Waals surface area contributed by atoms with Gasteiger partial charge in [0.25, 0.3) is 5.91 Å². The molecule has 10 heteroatoms. The van der Waals surface area contributed by atoms with Crippen molar-refractivity contribution in [3.63, 3.8) is 0 Å². The molecule has 0 saturated heterocycles. The number of hydrogen-bond donors (Lipinski definition) is 3. The van der Waals surface area contributed by atoms with Crippen molar-refractivity contribution in [1.82, 2.24) is 35.7 Å². The maximum atomic E-state index is 11.1. The number of H-pyrrole nitrogens is 2. The van der Waals surface area contributed by atoms with Gasteiger partial charge in [0, 0.05) is 6.04 Å². The van der Waals surface area contributed by atoms with Crippen LogP contribution in [0.3, 0.4) is 0 Å². The first-order valence-corrected chi connectivity index (χ1v) is 5.64. The standard InChI is InChI=1S/C6H10N4O.C4H5N3O2/c1-4(2)9-6(11)5-7-3-8-10-5;1-9-4(8)3-5-2-6-7-3/h3-4H,1-2H3,(H,9,11)(H,7,8,10);2H,1H3,(H,5,6,7). The molecule has 0 bridgehead atoms. The normalized spacial score (nSPS) is 9.60. The van der Waals surface area contributed by atoms with Crippen molar-refractivity contribution in [3.8, 4) is 0 Å². The molecular weight excluding hydrogens is 266 g/mol. The van der Waals surface area contributed by atoms with E-state index >= 15 is 0 Å². The van der Waals surface area contributed by atoms with E-state index < -0.39 is 5.97 Å². The highest BCUT2D eigenvalue weighted by Gasteiger charge is 2.08. The number of hydrogen-bond acceptors (Lipinski definition) is 7. The van der Waals surface area contributed by atoms with E-state index in [9.17, 15) is 9.59 Å². The number of rotatable bonds is 3. The molecule has 108 valence electrons. The topological polar surface area (TPSA) is 139 Å². The molecule has 2 aromatic heterocycles. The van der Waals surface area contributed by atoms with E-state index in [4.69, 9.17) is 0 Å². The van der Waals surface area contributed by atoms with Crippen molar-refractivity contribution in [1.29, 1.82) is 0 Å². The largest absolute Gasteiger partial charge is 0.463 e. The van der Waals surface area contributed by atoms with Crippen molar-refractivity contribution in [2.75, 3.05) is 7.11 Å². The highest BCUT2D eigenvalue weighted by molar-refractivity contribution is 5.90. The van der Waals surface area contributed by atoms with E-state index in [1.54, 1.807) is 0 Å². The second kappa shape index (κ2) is 7.61. The second-order valence-corrected chi connectivity index (χ2v) is 3.79. The highest BCUT2D eigenvalue weighted by atomic mass is 16.5. The van der Waals surface area contributed by atoms with Crippen LogP contribution in [0.5, 0.6) is 0 Å². The van der Waals surface area contributed by atoms with Crippen molar-refractivity contribution in [2.24, 2.45) is 0 Å². The molecule has 0 atom stereocenters. The van der Waals surface area contributed by atoms with Crippen LogP contribution in [0.1, 0.15) is 35.1 Å². The number of ether oxygens (including phenoxy) is 1. The van der Waals surface area contributed by atoms with Gasteiger partial charge in [-0.15, -0.1) is 0 Å². The molecule has 0 fully saturated rings. The van der Waals surface area contributed by atoms with E-state index in [1.807, 2.05) is 13.8 Å². The first-order chi connectivity index (χ1) is 9.54. The Labute approximate surface area is 114 Å². The predicted octanol–water partition coefficient (Wildman–Crippen LogP) is -0.466. The van der Waals surface area contributed by atoms with Crippen LogP contribution < -0.4 is 5.32 Å². The number of esters is 1. The van der Waals surface area contributed by atoms with Crippen LogP contribution in [0.25, 0.3) is 0 Å². The van der Waals surface area contributed by atoms with Gasteiger partial charge in [-0.1, -0.05) is 0 Å². The van der Waals surface area contributed by atoms with Crippen LogP contribution >= 0.6 is 0 Å². The van der Waals surface area contributed by atoms with Gasteiger partial charge in [-0.2, -0.15) is 10.2 Å². The van der Waals surface area contributed by atoms with Crippen LogP contribution in [0.4, 0.5) is 0 Å². The number of amides is 1. The summed E-state index contributed by atoms with van der Waals surface area (Å²) in [4.78, 5) is 28.8. The maximum absolute atomic E-state index is 11.1. The maximum Gasteiger partial charge on any atom is 0.375 e. The first kappa shape index (κ1) is 15.3. The summed E-state index contributed by atoms with van der Waals surface area (Å²) in [5.41, 5.74) is 0. The lowest BCUT2D eigenvalue weighted by Crippen LogP contribution is -2.30. The molecule has 1 amide bonds. The minimum absolute atomic E-state index is 0.118. The fourth-order valence-corrected chi connectivity index (χ4v) is 1.05. The molecule has 0 aliphatic heterocycles. The Balaban J connectivity index is 0.000000204. The fourth-order valence-electron chi connectivity index (χ4n) is 1.05. The molecule has 0 spiro atoms. The third-order valence-electron chi connectivity index (χ3n) is 1.84. The van der Waals surface area contributed by atoms with E-state index in [2.05, 4.69) is 40.4 Å². The van der Waals surface area contributed by atoms with Gasteiger partial charge in [-0.3, -0.25) is 15.0 Å². The van der Waals surface area contributed by atoms with Gasteiger partial charge in [-0.05, 0) is 13.8 Å². The van der Waals surface area contributed by atoms with E-state index in [-0.39, 0.29) is 23.6 Å². The van der Waals surface area contributed by atoms with Crippen molar-refractivity contribution >= 4 is 11.9 Å². The summed E-state index contributed by atoms with van der Waals surface area (Å²) in [5.74, 6) is -0.360. The summed E-state index contributed by atoms with van der Waals surface area (Å²) in [6.07, 6.45) is 2.54. The molecule has 10 nitrogen and oxygen atoms in total. The molecule has 0 unspecified atom stereocenters. The Morgan fingerprint density at radius 1 is 1.15 bits per heavy atom. The molecular formula is C10H15N7O3. The molecule has 2 rings (SSSR count). The predicted molar refractivity (Wildman–Crippen MR) is 66.7 cm³/mol. The van der Waals surface area contributed by atoms with Gasteiger partial charge in [0.05, 0.1) is 7.11 Å². The quantitative estimate of drug-likeness (QED) is 0.646. The van der Waals surface area contributed by atoms with Crippen LogP contribution in [0.15, 0.2) is 12.7 Å². The molecule has 0 aliphatic rings. The van der Waals surface area contributed by atoms with E-state index in [1.165, 1.54) is 19.8 Å². The molecule has 20 heavy (non-hydrogen) atoms. The average Bonchev–Trinajstić information content (AvgIpc) is 3.10. The third kappa shape index (κ3) is 4.84. The Morgan fingerprint density at radius 3 is 2.10 bits per heavy atom. The monoisotopic (exact) mass is 281 g/mol. The zero-order chi connectivity index (χ0) is 15.0. The minimum Gasteiger partial charge on any atom is -0.463 e. The molecule has 2 heterocycles. The van der Waals surface area contributed by atoms with Crippen LogP contribution in [-0.2, 0) is 4.74 Å². The Bertz CT molecular complexity index is 521. The van der Waals surface area contributed by atoms with Crippen LogP contribution in [0.2, 0.25) is 0 Å². The third-order valence-corrected chi connectivity index (χ3v) is 1.84. The lowest BCUT2D eigenvalue weighted by atomic mass is 10.4. The summed E-state index contributed by atoms with van der Waals surface area (Å²) in [5, 5.41) is 14.5. The Hall–Kier alpha value is -2.78. The lowest BCUT2D eigenvalue weighted by Gasteiger charge is -2.04. The number of nitrogens with one attached hydrogen (secondary N) is 3. The summed E-state index contributed by atoms with van der Waals surface area (Å²) in [6, 6.07) is 0.118. The fraction of sp³-hybridized carbons (Fsp3) is 0.400. The summed E-state index contributed by atoms with van der Waals surface area (Å²) in [6.45, 7) is 3.77. The van der Waals surface area contributed by atoms with E-state index in [0.29, 0.717) is 0 Å². The van der Waals surface area contributed by atoms with Gasteiger partial charge < -0.3 is 10.1 Å². The first-order valence-electron chi connectivity index (χ1n) is 5.64. The van der Waals surface area contributed by atoms with Gasteiger partial charge in [-0.25, -0.2) is 14.8 Å². The molecule has 3 N–H and O–H groups in total. The summed E-state index contributed by atoms with van der Waals surface area (Å²) < 4.78 is 4.32. The van der Waals surface area contributed by atoms with Gasteiger partial charge in [0.1, 0.15) is 12.7 Å². The molecule has 2 aromatic rings. The lowest BCUT2D eigenvalue weighted by molar-refractivity contribution is 0.0587. The summed E-state index contributed by atoms with van der Waals surface area (Å²) in [7, 11) is 1.28. The molecule has 0 aromatic carbocycles. The molecule has 0 radical (unpaired) electrons. The smallest absolute Gasteiger partial charge is 0.375 e. The van der Waals surface area contributed by atoms with Crippen LogP contribution in [0, 0.1) is 0 Å². The Morgan fingerprint density at radius 2 is 1.70 bits per heavy atom. The second-order valence-electron chi connectivity index (χ2n) is 3.79. The van der Waals surface area contributed by atoms with Crippen molar-refractivity contribution in [3.05, 3.63) is 24.3 Å². The van der Waals surface area contributed by atoms with Gasteiger partial charge in [0.2, 0.25) is 11.6 Å².